The van der Waals surface area contributed by atoms with Crippen molar-refractivity contribution in [2.75, 3.05) is 0 Å². The molecule has 2 atom stereocenters. The minimum absolute atomic E-state index is 0.145. The van der Waals surface area contributed by atoms with Gasteiger partial charge in [0.05, 0.1) is 17.6 Å². The second-order valence-corrected chi connectivity index (χ2v) is 5.85. The number of hydrogen-bond donors (Lipinski definition) is 2. The number of H-pyrrole nitrogens is 1. The number of imidazole rings is 1. The zero-order valence-corrected chi connectivity index (χ0v) is 11.0. The van der Waals surface area contributed by atoms with Gasteiger partial charge in [0.1, 0.15) is 11.6 Å². The van der Waals surface area contributed by atoms with Gasteiger partial charge in [-0.15, -0.1) is 0 Å². The van der Waals surface area contributed by atoms with Gasteiger partial charge >= 0.3 is 0 Å². The van der Waals surface area contributed by atoms with E-state index in [9.17, 15) is 9.18 Å². The molecule has 5 heteroatoms. The van der Waals surface area contributed by atoms with Crippen molar-refractivity contribution in [3.8, 4) is 0 Å². The second kappa shape index (κ2) is 4.30. The van der Waals surface area contributed by atoms with Crippen LogP contribution >= 0.6 is 0 Å². The Kier molecular flexibility index (Phi) is 2.55. The molecule has 2 fully saturated rings. The molecule has 1 aromatic heterocycles. The van der Waals surface area contributed by atoms with E-state index in [1.54, 1.807) is 6.07 Å². The summed E-state index contributed by atoms with van der Waals surface area (Å²) in [5.74, 6) is 2.00. The number of aromatic amines is 1. The lowest BCUT2D eigenvalue weighted by Crippen LogP contribution is -2.26. The van der Waals surface area contributed by atoms with Gasteiger partial charge in [-0.2, -0.15) is 0 Å². The quantitative estimate of drug-likeness (QED) is 0.902. The molecule has 0 spiro atoms. The number of carbonyl (C=O) groups excluding carboxylic acids is 1. The van der Waals surface area contributed by atoms with Crippen molar-refractivity contribution in [3.05, 3.63) is 29.8 Å². The Morgan fingerprint density at radius 1 is 1.40 bits per heavy atom. The van der Waals surface area contributed by atoms with Gasteiger partial charge in [0.15, 0.2) is 0 Å². The summed E-state index contributed by atoms with van der Waals surface area (Å²) < 4.78 is 13.1. The summed E-state index contributed by atoms with van der Waals surface area (Å²) >= 11 is 0. The van der Waals surface area contributed by atoms with Crippen molar-refractivity contribution >= 4 is 16.9 Å². The third-order valence-electron chi connectivity index (χ3n) is 4.63. The molecule has 20 heavy (non-hydrogen) atoms. The molecule has 2 aliphatic rings. The SMILES string of the molecule is O=C(NCc1nc2ccc(F)cc2[nH]1)C1C2CCCC21. The Labute approximate surface area is 115 Å². The molecule has 4 rings (SSSR count). The van der Waals surface area contributed by atoms with Crippen molar-refractivity contribution in [3.63, 3.8) is 0 Å². The summed E-state index contributed by atoms with van der Waals surface area (Å²) in [6.45, 7) is 0.380. The first-order chi connectivity index (χ1) is 9.72. The molecule has 0 aliphatic heterocycles. The Morgan fingerprint density at radius 2 is 2.20 bits per heavy atom. The number of fused-ring (bicyclic) bond motifs is 2. The Balaban J connectivity index is 1.42. The average Bonchev–Trinajstić information content (AvgIpc) is 2.79. The van der Waals surface area contributed by atoms with Gasteiger partial charge in [-0.1, -0.05) is 6.42 Å². The lowest BCUT2D eigenvalue weighted by atomic mass is 10.1. The van der Waals surface area contributed by atoms with E-state index in [-0.39, 0.29) is 17.6 Å². The smallest absolute Gasteiger partial charge is 0.224 e. The van der Waals surface area contributed by atoms with Crippen LogP contribution in [0.15, 0.2) is 18.2 Å². The first-order valence-corrected chi connectivity index (χ1v) is 7.14. The standard InChI is InChI=1S/C15H16FN3O/c16-8-4-5-11-12(6-8)19-13(18-11)7-17-15(20)14-9-2-1-3-10(9)14/h4-6,9-10,14H,1-3,7H2,(H,17,20)(H,18,19). The first kappa shape index (κ1) is 11.9. The predicted molar refractivity (Wildman–Crippen MR) is 72.2 cm³/mol. The largest absolute Gasteiger partial charge is 0.349 e. The highest BCUT2D eigenvalue weighted by atomic mass is 19.1. The van der Waals surface area contributed by atoms with Crippen LogP contribution < -0.4 is 5.32 Å². The summed E-state index contributed by atoms with van der Waals surface area (Å²) in [6.07, 6.45) is 3.67. The lowest BCUT2D eigenvalue weighted by Gasteiger charge is -2.04. The summed E-state index contributed by atoms with van der Waals surface area (Å²) in [5.41, 5.74) is 1.39. The van der Waals surface area contributed by atoms with Crippen LogP contribution in [-0.2, 0) is 11.3 Å². The van der Waals surface area contributed by atoms with Crippen LogP contribution in [-0.4, -0.2) is 15.9 Å². The maximum atomic E-state index is 13.1. The van der Waals surface area contributed by atoms with Gasteiger partial charge in [0.25, 0.3) is 0 Å². The van der Waals surface area contributed by atoms with Gasteiger partial charge in [-0.25, -0.2) is 9.37 Å². The minimum atomic E-state index is -0.289. The van der Waals surface area contributed by atoms with E-state index < -0.39 is 0 Å². The van der Waals surface area contributed by atoms with E-state index in [0.717, 1.165) is 5.52 Å². The van der Waals surface area contributed by atoms with Crippen LogP contribution in [0, 0.1) is 23.6 Å². The molecule has 2 aliphatic carbocycles. The first-order valence-electron chi connectivity index (χ1n) is 7.14. The van der Waals surface area contributed by atoms with Crippen LogP contribution in [0.3, 0.4) is 0 Å². The van der Waals surface area contributed by atoms with Crippen LogP contribution in [0.2, 0.25) is 0 Å². The van der Waals surface area contributed by atoms with E-state index in [2.05, 4.69) is 15.3 Å². The van der Waals surface area contributed by atoms with Gasteiger partial charge in [0, 0.05) is 5.92 Å². The van der Waals surface area contributed by atoms with Crippen LogP contribution in [0.5, 0.6) is 0 Å². The number of amides is 1. The maximum Gasteiger partial charge on any atom is 0.224 e. The molecule has 104 valence electrons. The molecule has 2 aromatic rings. The predicted octanol–water partition coefficient (Wildman–Crippen LogP) is 2.36. The summed E-state index contributed by atoms with van der Waals surface area (Å²) in [6, 6.07) is 4.44. The average molecular weight is 273 g/mol. The number of nitrogens with one attached hydrogen (secondary N) is 2. The zero-order valence-electron chi connectivity index (χ0n) is 11.0. The molecule has 1 heterocycles. The summed E-state index contributed by atoms with van der Waals surface area (Å²) in [7, 11) is 0. The summed E-state index contributed by atoms with van der Waals surface area (Å²) in [4.78, 5) is 19.4. The molecule has 0 radical (unpaired) electrons. The Morgan fingerprint density at radius 3 is 3.00 bits per heavy atom. The molecule has 2 saturated carbocycles. The van der Waals surface area contributed by atoms with Gasteiger partial charge in [0.2, 0.25) is 5.91 Å². The third-order valence-corrected chi connectivity index (χ3v) is 4.63. The van der Waals surface area contributed by atoms with Gasteiger partial charge in [-0.05, 0) is 42.9 Å². The highest BCUT2D eigenvalue weighted by molar-refractivity contribution is 5.82. The van der Waals surface area contributed by atoms with Crippen molar-refractivity contribution in [1.82, 2.24) is 15.3 Å². The second-order valence-electron chi connectivity index (χ2n) is 5.85. The van der Waals surface area contributed by atoms with Crippen molar-refractivity contribution in [1.29, 1.82) is 0 Å². The summed E-state index contributed by atoms with van der Waals surface area (Å²) in [5, 5.41) is 2.94. The topological polar surface area (TPSA) is 57.8 Å². The molecule has 0 saturated heterocycles. The molecule has 4 nitrogen and oxygen atoms in total. The molecule has 0 bridgehead atoms. The minimum Gasteiger partial charge on any atom is -0.349 e. The highest BCUT2D eigenvalue weighted by Gasteiger charge is 2.56. The molecular weight excluding hydrogens is 257 g/mol. The van der Waals surface area contributed by atoms with E-state index >= 15 is 0 Å². The molecular formula is C15H16FN3O. The number of halogens is 1. The van der Waals surface area contributed by atoms with Crippen molar-refractivity contribution < 1.29 is 9.18 Å². The fourth-order valence-electron chi connectivity index (χ4n) is 3.62. The van der Waals surface area contributed by atoms with Crippen molar-refractivity contribution in [2.45, 2.75) is 25.8 Å². The van der Waals surface area contributed by atoms with E-state index in [0.29, 0.717) is 29.7 Å². The van der Waals surface area contributed by atoms with E-state index in [1.165, 1.54) is 31.4 Å². The maximum absolute atomic E-state index is 13.1. The van der Waals surface area contributed by atoms with Crippen LogP contribution in [0.25, 0.3) is 11.0 Å². The number of carbonyl (C=O) groups is 1. The zero-order chi connectivity index (χ0) is 13.7. The number of rotatable bonds is 3. The fourth-order valence-corrected chi connectivity index (χ4v) is 3.62. The third kappa shape index (κ3) is 1.88. The van der Waals surface area contributed by atoms with Crippen LogP contribution in [0.4, 0.5) is 4.39 Å². The number of hydrogen-bond acceptors (Lipinski definition) is 2. The van der Waals surface area contributed by atoms with E-state index in [4.69, 9.17) is 0 Å². The molecule has 2 N–H and O–H groups in total. The van der Waals surface area contributed by atoms with Gasteiger partial charge in [-0.3, -0.25) is 4.79 Å². The fraction of sp³-hybridized carbons (Fsp3) is 0.467. The monoisotopic (exact) mass is 273 g/mol. The Bertz CT molecular complexity index is 671. The van der Waals surface area contributed by atoms with E-state index in [1.807, 2.05) is 0 Å². The van der Waals surface area contributed by atoms with Crippen LogP contribution in [0.1, 0.15) is 25.1 Å². The number of nitrogens with zero attached hydrogens (tertiary/aromatic N) is 1. The van der Waals surface area contributed by atoms with Gasteiger partial charge < -0.3 is 10.3 Å². The highest BCUT2D eigenvalue weighted by Crippen LogP contribution is 2.57. The number of aromatic nitrogens is 2. The van der Waals surface area contributed by atoms with Crippen molar-refractivity contribution in [2.24, 2.45) is 17.8 Å². The lowest BCUT2D eigenvalue weighted by molar-refractivity contribution is -0.123. The molecule has 1 amide bonds. The number of benzene rings is 1. The molecule has 2 unspecified atom stereocenters. The Hall–Kier alpha value is -1.91. The normalized spacial score (nSPS) is 27.6. The molecule has 1 aromatic carbocycles.